The van der Waals surface area contributed by atoms with Crippen LogP contribution in [0.25, 0.3) is 0 Å². The summed E-state index contributed by atoms with van der Waals surface area (Å²) in [6.45, 7) is 2.29. The summed E-state index contributed by atoms with van der Waals surface area (Å²) in [5.74, 6) is -0.199. The predicted octanol–water partition coefficient (Wildman–Crippen LogP) is 3.52. The number of hydrogen-bond acceptors (Lipinski definition) is 2. The van der Waals surface area contributed by atoms with Crippen LogP contribution in [0.1, 0.15) is 43.7 Å². The number of hydrogen-bond donors (Lipinski definition) is 2. The van der Waals surface area contributed by atoms with Crippen molar-refractivity contribution in [3.63, 3.8) is 0 Å². The molecule has 1 aliphatic rings. The highest BCUT2D eigenvalue weighted by atomic mass is 19.4. The maximum absolute atomic E-state index is 12.8. The van der Waals surface area contributed by atoms with E-state index in [-0.39, 0.29) is 24.3 Å². The number of benzene rings is 1. The molecular weight excluding hydrogens is 317 g/mol. The van der Waals surface area contributed by atoms with Gasteiger partial charge in [0.05, 0.1) is 5.56 Å². The second-order valence-electron chi connectivity index (χ2n) is 6.70. The number of rotatable bonds is 5. The molecule has 0 aliphatic heterocycles. The van der Waals surface area contributed by atoms with E-state index in [0.717, 1.165) is 37.8 Å². The Bertz CT molecular complexity index is 559. The van der Waals surface area contributed by atoms with E-state index in [9.17, 15) is 18.0 Å². The number of alkyl halides is 3. The number of nitrogens with one attached hydrogen (secondary N) is 1. The molecule has 6 heteroatoms. The third-order valence-electron chi connectivity index (χ3n) is 4.78. The molecule has 1 saturated carbocycles. The van der Waals surface area contributed by atoms with Crippen LogP contribution in [0.5, 0.6) is 0 Å². The van der Waals surface area contributed by atoms with Crippen molar-refractivity contribution in [3.05, 3.63) is 35.4 Å². The predicted molar refractivity (Wildman–Crippen MR) is 87.3 cm³/mol. The van der Waals surface area contributed by atoms with Crippen LogP contribution in [-0.4, -0.2) is 18.5 Å². The second kappa shape index (κ2) is 8.01. The van der Waals surface area contributed by atoms with E-state index in [1.807, 2.05) is 0 Å². The van der Waals surface area contributed by atoms with Gasteiger partial charge in [-0.25, -0.2) is 0 Å². The molecule has 0 spiro atoms. The maximum atomic E-state index is 12.8. The van der Waals surface area contributed by atoms with Crippen molar-refractivity contribution >= 4 is 5.91 Å². The Kier molecular flexibility index (Phi) is 6.27. The lowest BCUT2D eigenvalue weighted by Crippen LogP contribution is -2.46. The van der Waals surface area contributed by atoms with Gasteiger partial charge < -0.3 is 11.1 Å². The van der Waals surface area contributed by atoms with Gasteiger partial charge in [-0.2, -0.15) is 13.2 Å². The summed E-state index contributed by atoms with van der Waals surface area (Å²) in [7, 11) is 0. The molecule has 0 saturated heterocycles. The smallest absolute Gasteiger partial charge is 0.353 e. The molecule has 2 rings (SSSR count). The molecule has 1 aromatic carbocycles. The Morgan fingerprint density at radius 1 is 1.33 bits per heavy atom. The molecule has 3 atom stereocenters. The Hall–Kier alpha value is -1.56. The molecule has 3 N–H and O–H groups in total. The molecule has 1 aromatic rings. The minimum absolute atomic E-state index is 0.0835. The molecule has 3 unspecified atom stereocenters. The van der Waals surface area contributed by atoms with Crippen LogP contribution in [-0.2, 0) is 17.4 Å². The lowest BCUT2D eigenvalue weighted by Gasteiger charge is -2.32. The summed E-state index contributed by atoms with van der Waals surface area (Å²) >= 11 is 0. The molecule has 1 fully saturated rings. The number of carbonyl (C=O) groups excluding carboxylic acids is 1. The highest BCUT2D eigenvalue weighted by Gasteiger charge is 2.31. The Balaban J connectivity index is 1.96. The zero-order valence-electron chi connectivity index (χ0n) is 13.9. The molecule has 1 aliphatic carbocycles. The van der Waals surface area contributed by atoms with Gasteiger partial charge >= 0.3 is 6.18 Å². The van der Waals surface area contributed by atoms with Crippen LogP contribution in [0.15, 0.2) is 24.3 Å². The van der Waals surface area contributed by atoms with Crippen LogP contribution in [0.3, 0.4) is 0 Å². The summed E-state index contributed by atoms with van der Waals surface area (Å²) in [6.07, 6.45) is 0.0680. The molecule has 0 bridgehead atoms. The van der Waals surface area contributed by atoms with E-state index in [2.05, 4.69) is 5.32 Å². The highest BCUT2D eigenvalue weighted by Crippen LogP contribution is 2.30. The fraction of sp³-hybridized carbons (Fsp3) is 0.611. The fourth-order valence-corrected chi connectivity index (χ4v) is 3.33. The van der Waals surface area contributed by atoms with Crippen molar-refractivity contribution in [2.24, 2.45) is 17.6 Å². The number of carbonyl (C=O) groups is 1. The summed E-state index contributed by atoms with van der Waals surface area (Å²) in [4.78, 5) is 12.4. The van der Waals surface area contributed by atoms with Crippen LogP contribution in [0.4, 0.5) is 13.2 Å². The van der Waals surface area contributed by atoms with Crippen LogP contribution >= 0.6 is 0 Å². The minimum atomic E-state index is -4.36. The van der Waals surface area contributed by atoms with Gasteiger partial charge in [0.25, 0.3) is 0 Å². The Labute approximate surface area is 140 Å². The first-order chi connectivity index (χ1) is 11.3. The number of amides is 1. The first-order valence-electron chi connectivity index (χ1n) is 8.48. The first kappa shape index (κ1) is 18.8. The van der Waals surface area contributed by atoms with Crippen molar-refractivity contribution in [3.8, 4) is 0 Å². The van der Waals surface area contributed by atoms with Gasteiger partial charge in [0.15, 0.2) is 0 Å². The third kappa shape index (κ3) is 4.97. The van der Waals surface area contributed by atoms with Crippen LogP contribution in [0, 0.1) is 11.8 Å². The molecule has 24 heavy (non-hydrogen) atoms. The zero-order chi connectivity index (χ0) is 17.7. The van der Waals surface area contributed by atoms with Gasteiger partial charge in [-0.05, 0) is 43.4 Å². The standard InChI is InChI=1S/C18H25F3N2O/c1-12(9-13-5-4-7-15(10-13)18(19,20)21)17(24)23-16-8-3-2-6-14(16)11-22/h4-5,7,10,12,14,16H,2-3,6,8-9,11,22H2,1H3,(H,23,24). The quantitative estimate of drug-likeness (QED) is 0.860. The lowest BCUT2D eigenvalue weighted by molar-refractivity contribution is -0.137. The maximum Gasteiger partial charge on any atom is 0.416 e. The zero-order valence-corrected chi connectivity index (χ0v) is 13.9. The average molecular weight is 342 g/mol. The fourth-order valence-electron chi connectivity index (χ4n) is 3.33. The highest BCUT2D eigenvalue weighted by molar-refractivity contribution is 5.79. The van der Waals surface area contributed by atoms with Crippen molar-refractivity contribution in [1.82, 2.24) is 5.32 Å². The Morgan fingerprint density at radius 3 is 2.71 bits per heavy atom. The van der Waals surface area contributed by atoms with E-state index in [1.165, 1.54) is 6.07 Å². The van der Waals surface area contributed by atoms with E-state index in [1.54, 1.807) is 13.0 Å². The van der Waals surface area contributed by atoms with Crippen LogP contribution in [0.2, 0.25) is 0 Å². The monoisotopic (exact) mass is 342 g/mol. The first-order valence-corrected chi connectivity index (χ1v) is 8.48. The van der Waals surface area contributed by atoms with Crippen molar-refractivity contribution < 1.29 is 18.0 Å². The Morgan fingerprint density at radius 2 is 2.04 bits per heavy atom. The molecule has 3 nitrogen and oxygen atoms in total. The van der Waals surface area contributed by atoms with Crippen molar-refractivity contribution in [2.75, 3.05) is 6.54 Å². The van der Waals surface area contributed by atoms with Gasteiger partial charge in [0.1, 0.15) is 0 Å². The number of halogens is 3. The molecule has 0 heterocycles. The van der Waals surface area contributed by atoms with E-state index >= 15 is 0 Å². The summed E-state index contributed by atoms with van der Waals surface area (Å²) in [5.41, 5.74) is 5.61. The average Bonchev–Trinajstić information content (AvgIpc) is 2.54. The van der Waals surface area contributed by atoms with Crippen molar-refractivity contribution in [1.29, 1.82) is 0 Å². The molecule has 134 valence electrons. The summed E-state index contributed by atoms with van der Waals surface area (Å²) in [5, 5.41) is 3.04. The normalized spacial score (nSPS) is 22.9. The van der Waals surface area contributed by atoms with E-state index in [4.69, 9.17) is 5.73 Å². The van der Waals surface area contributed by atoms with Gasteiger partial charge in [-0.1, -0.05) is 38.0 Å². The van der Waals surface area contributed by atoms with Crippen molar-refractivity contribution in [2.45, 2.75) is 51.2 Å². The summed E-state index contributed by atoms with van der Waals surface area (Å²) in [6, 6.07) is 5.26. The third-order valence-corrected chi connectivity index (χ3v) is 4.78. The summed E-state index contributed by atoms with van der Waals surface area (Å²) < 4.78 is 38.3. The van der Waals surface area contributed by atoms with Gasteiger partial charge in [-0.15, -0.1) is 0 Å². The second-order valence-corrected chi connectivity index (χ2v) is 6.70. The molecule has 0 radical (unpaired) electrons. The minimum Gasteiger partial charge on any atom is -0.353 e. The largest absolute Gasteiger partial charge is 0.416 e. The lowest BCUT2D eigenvalue weighted by atomic mass is 9.84. The van der Waals surface area contributed by atoms with E-state index in [0.29, 0.717) is 18.0 Å². The van der Waals surface area contributed by atoms with Gasteiger partial charge in [0.2, 0.25) is 5.91 Å². The van der Waals surface area contributed by atoms with Gasteiger partial charge in [-0.3, -0.25) is 4.79 Å². The van der Waals surface area contributed by atoms with Crippen LogP contribution < -0.4 is 11.1 Å². The molecule has 0 aromatic heterocycles. The SMILES string of the molecule is CC(Cc1cccc(C(F)(F)F)c1)C(=O)NC1CCCCC1CN. The molecular formula is C18H25F3N2O. The molecule has 1 amide bonds. The number of nitrogens with two attached hydrogens (primary N) is 1. The van der Waals surface area contributed by atoms with E-state index < -0.39 is 11.7 Å². The topological polar surface area (TPSA) is 55.1 Å². The van der Waals surface area contributed by atoms with Gasteiger partial charge in [0, 0.05) is 12.0 Å².